The number of carbonyl (C=O) groups excluding carboxylic acids is 1. The van der Waals surface area contributed by atoms with Crippen LogP contribution in [-0.2, 0) is 0 Å². The Kier molecular flexibility index (Phi) is 2.31. The van der Waals surface area contributed by atoms with E-state index in [2.05, 4.69) is 16.8 Å². The minimum Gasteiger partial charge on any atom is -0.348 e. The van der Waals surface area contributed by atoms with E-state index in [1.165, 1.54) is 17.8 Å². The van der Waals surface area contributed by atoms with E-state index in [0.717, 1.165) is 35.3 Å². The Bertz CT molecular complexity index is 310. The lowest BCUT2D eigenvalue weighted by atomic mass is 10.2. The van der Waals surface area contributed by atoms with Crippen molar-refractivity contribution in [1.29, 1.82) is 0 Å². The first-order chi connectivity index (χ1) is 6.29. The Balaban J connectivity index is 2.12. The Morgan fingerprint density at radius 2 is 2.62 bits per heavy atom. The maximum atomic E-state index is 10.5. The molecule has 0 saturated carbocycles. The zero-order valence-corrected chi connectivity index (χ0v) is 8.38. The molecule has 3 nitrogen and oxygen atoms in total. The van der Waals surface area contributed by atoms with Gasteiger partial charge >= 0.3 is 0 Å². The van der Waals surface area contributed by atoms with Crippen LogP contribution in [0.5, 0.6) is 0 Å². The van der Waals surface area contributed by atoms with Crippen molar-refractivity contribution in [1.82, 2.24) is 4.98 Å². The van der Waals surface area contributed by atoms with Gasteiger partial charge < -0.3 is 4.90 Å². The summed E-state index contributed by atoms with van der Waals surface area (Å²) in [5, 5.41) is 0.992. The molecule has 70 valence electrons. The molecule has 0 N–H and O–H groups in total. The molecule has 13 heavy (non-hydrogen) atoms. The fourth-order valence-corrected chi connectivity index (χ4v) is 2.35. The quantitative estimate of drug-likeness (QED) is 0.676. The van der Waals surface area contributed by atoms with Gasteiger partial charge in [0.25, 0.3) is 0 Å². The molecule has 4 heteroatoms. The first-order valence-electron chi connectivity index (χ1n) is 4.45. The van der Waals surface area contributed by atoms with Crippen LogP contribution in [0.1, 0.15) is 23.0 Å². The van der Waals surface area contributed by atoms with E-state index in [1.54, 1.807) is 6.20 Å². The fourth-order valence-electron chi connectivity index (χ4n) is 1.59. The highest BCUT2D eigenvalue weighted by molar-refractivity contribution is 7.17. The van der Waals surface area contributed by atoms with E-state index >= 15 is 0 Å². The summed E-state index contributed by atoms with van der Waals surface area (Å²) in [5.74, 6) is 0.753. The molecule has 0 aliphatic carbocycles. The molecule has 1 atom stereocenters. The zero-order chi connectivity index (χ0) is 9.26. The molecule has 0 aromatic carbocycles. The molecule has 1 unspecified atom stereocenters. The summed E-state index contributed by atoms with van der Waals surface area (Å²) in [5.41, 5.74) is 0. The van der Waals surface area contributed by atoms with E-state index in [1.807, 2.05) is 0 Å². The van der Waals surface area contributed by atoms with Crippen LogP contribution in [0.15, 0.2) is 6.20 Å². The number of aldehydes is 1. The molecule has 0 amide bonds. The Morgan fingerprint density at radius 3 is 3.15 bits per heavy atom. The predicted octanol–water partition coefficient (Wildman–Crippen LogP) is 1.80. The molecule has 1 aromatic rings. The van der Waals surface area contributed by atoms with Gasteiger partial charge in [-0.25, -0.2) is 4.98 Å². The average molecular weight is 196 g/mol. The highest BCUT2D eigenvalue weighted by Crippen LogP contribution is 2.26. The largest absolute Gasteiger partial charge is 0.348 e. The van der Waals surface area contributed by atoms with E-state index < -0.39 is 0 Å². The summed E-state index contributed by atoms with van der Waals surface area (Å²) in [4.78, 5) is 17.6. The summed E-state index contributed by atoms with van der Waals surface area (Å²) in [6.07, 6.45) is 3.74. The lowest BCUT2D eigenvalue weighted by Crippen LogP contribution is -2.18. The third-order valence-electron chi connectivity index (χ3n) is 2.32. The van der Waals surface area contributed by atoms with Gasteiger partial charge in [0.15, 0.2) is 11.4 Å². The summed E-state index contributed by atoms with van der Waals surface area (Å²) in [6, 6.07) is 0. The van der Waals surface area contributed by atoms with Crippen LogP contribution < -0.4 is 4.90 Å². The van der Waals surface area contributed by atoms with Crippen molar-refractivity contribution in [3.63, 3.8) is 0 Å². The minimum absolute atomic E-state index is 0.717. The zero-order valence-electron chi connectivity index (χ0n) is 7.56. The van der Waals surface area contributed by atoms with Gasteiger partial charge in [0, 0.05) is 13.1 Å². The third kappa shape index (κ3) is 1.72. The van der Waals surface area contributed by atoms with E-state index in [9.17, 15) is 4.79 Å². The normalized spacial score (nSPS) is 22.2. The van der Waals surface area contributed by atoms with Crippen LogP contribution in [0, 0.1) is 5.92 Å². The third-order valence-corrected chi connectivity index (χ3v) is 3.31. The second kappa shape index (κ2) is 3.46. The summed E-state index contributed by atoms with van der Waals surface area (Å²) < 4.78 is 0. The van der Waals surface area contributed by atoms with Crippen LogP contribution >= 0.6 is 11.3 Å². The monoisotopic (exact) mass is 196 g/mol. The number of hydrogen-bond acceptors (Lipinski definition) is 4. The van der Waals surface area contributed by atoms with Gasteiger partial charge in [-0.2, -0.15) is 0 Å². The molecular weight excluding hydrogens is 184 g/mol. The van der Waals surface area contributed by atoms with Gasteiger partial charge in [0.1, 0.15) is 0 Å². The highest BCUT2D eigenvalue weighted by Gasteiger charge is 2.20. The number of anilines is 1. The number of carbonyl (C=O) groups is 1. The van der Waals surface area contributed by atoms with Crippen LogP contribution in [0.25, 0.3) is 0 Å². The Morgan fingerprint density at radius 1 is 1.77 bits per heavy atom. The number of hydrogen-bond donors (Lipinski definition) is 0. The molecule has 1 aromatic heterocycles. The summed E-state index contributed by atoms with van der Waals surface area (Å²) >= 11 is 1.48. The molecule has 1 aliphatic heterocycles. The minimum atomic E-state index is 0.717. The molecule has 2 rings (SSSR count). The van der Waals surface area contributed by atoms with Gasteiger partial charge in [0.05, 0.1) is 11.1 Å². The lowest BCUT2D eigenvalue weighted by Gasteiger charge is -2.12. The maximum absolute atomic E-state index is 10.5. The molecule has 1 saturated heterocycles. The average Bonchev–Trinajstić information content (AvgIpc) is 2.71. The summed E-state index contributed by atoms with van der Waals surface area (Å²) in [6.45, 7) is 4.40. The van der Waals surface area contributed by atoms with Crippen LogP contribution in [-0.4, -0.2) is 24.4 Å². The van der Waals surface area contributed by atoms with Gasteiger partial charge in [0.2, 0.25) is 0 Å². The molecule has 1 fully saturated rings. The van der Waals surface area contributed by atoms with Crippen molar-refractivity contribution in [3.8, 4) is 0 Å². The number of aromatic nitrogens is 1. The van der Waals surface area contributed by atoms with Crippen molar-refractivity contribution in [2.75, 3.05) is 18.0 Å². The smallest absolute Gasteiger partial charge is 0.185 e. The molecule has 0 spiro atoms. The highest BCUT2D eigenvalue weighted by atomic mass is 32.1. The van der Waals surface area contributed by atoms with Gasteiger partial charge in [-0.1, -0.05) is 18.3 Å². The van der Waals surface area contributed by atoms with Crippen LogP contribution in [0.3, 0.4) is 0 Å². The van der Waals surface area contributed by atoms with Crippen LogP contribution in [0.4, 0.5) is 5.13 Å². The number of rotatable bonds is 2. The molecule has 1 aliphatic rings. The predicted molar refractivity (Wildman–Crippen MR) is 53.5 cm³/mol. The van der Waals surface area contributed by atoms with Crippen molar-refractivity contribution in [3.05, 3.63) is 11.1 Å². The van der Waals surface area contributed by atoms with Crippen molar-refractivity contribution < 1.29 is 4.79 Å². The summed E-state index contributed by atoms with van der Waals surface area (Å²) in [7, 11) is 0. The topological polar surface area (TPSA) is 33.2 Å². The molecular formula is C9H12N2OS. The Hall–Kier alpha value is -0.900. The lowest BCUT2D eigenvalue weighted by molar-refractivity contribution is 0.112. The number of thiazole rings is 1. The maximum Gasteiger partial charge on any atom is 0.185 e. The second-order valence-electron chi connectivity index (χ2n) is 3.50. The van der Waals surface area contributed by atoms with Gasteiger partial charge in [-0.3, -0.25) is 4.79 Å². The molecule has 0 radical (unpaired) electrons. The van der Waals surface area contributed by atoms with Crippen molar-refractivity contribution in [2.45, 2.75) is 13.3 Å². The van der Waals surface area contributed by atoms with Crippen LogP contribution in [0.2, 0.25) is 0 Å². The SMILES string of the molecule is CC1CCN(c2ncc(C=O)s2)C1. The van der Waals surface area contributed by atoms with Crippen molar-refractivity contribution >= 4 is 22.8 Å². The molecule has 2 heterocycles. The van der Waals surface area contributed by atoms with Crippen molar-refractivity contribution in [2.24, 2.45) is 5.92 Å². The Labute approximate surface area is 81.4 Å². The van der Waals surface area contributed by atoms with E-state index in [-0.39, 0.29) is 0 Å². The molecule has 0 bridgehead atoms. The van der Waals surface area contributed by atoms with E-state index in [4.69, 9.17) is 0 Å². The van der Waals surface area contributed by atoms with Gasteiger partial charge in [-0.05, 0) is 12.3 Å². The van der Waals surface area contributed by atoms with Gasteiger partial charge in [-0.15, -0.1) is 0 Å². The first-order valence-corrected chi connectivity index (χ1v) is 5.27. The van der Waals surface area contributed by atoms with E-state index in [0.29, 0.717) is 0 Å². The second-order valence-corrected chi connectivity index (χ2v) is 4.54. The number of nitrogens with zero attached hydrogens (tertiary/aromatic N) is 2. The fraction of sp³-hybridized carbons (Fsp3) is 0.556. The first kappa shape index (κ1) is 8.69. The standard InChI is InChI=1S/C9H12N2OS/c1-7-2-3-11(5-7)9-10-4-8(6-12)13-9/h4,6-7H,2-3,5H2,1H3.